The van der Waals surface area contributed by atoms with Crippen molar-refractivity contribution in [2.24, 2.45) is 0 Å². The van der Waals surface area contributed by atoms with Gasteiger partial charge in [-0.15, -0.1) is 0 Å². The van der Waals surface area contributed by atoms with Crippen molar-refractivity contribution in [3.05, 3.63) is 22.8 Å². The van der Waals surface area contributed by atoms with E-state index < -0.39 is 17.7 Å². The molecule has 2 amide bonds. The molecule has 0 unspecified atom stereocenters. The third kappa shape index (κ3) is 4.43. The van der Waals surface area contributed by atoms with Crippen LogP contribution in [0.15, 0.2) is 22.8 Å². The van der Waals surface area contributed by atoms with Crippen LogP contribution in [0.1, 0.15) is 33.6 Å². The number of hydrogen-bond donors (Lipinski definition) is 1. The van der Waals surface area contributed by atoms with Gasteiger partial charge in [-0.25, -0.2) is 9.78 Å². The first kappa shape index (κ1) is 16.7. The smallest absolute Gasteiger partial charge is 0.408 e. The van der Waals surface area contributed by atoms with Gasteiger partial charge in [-0.1, -0.05) is 0 Å². The first-order chi connectivity index (χ1) is 10.3. The lowest BCUT2D eigenvalue weighted by Crippen LogP contribution is -2.49. The van der Waals surface area contributed by atoms with E-state index in [1.54, 1.807) is 17.2 Å². The highest BCUT2D eigenvalue weighted by molar-refractivity contribution is 9.10. The van der Waals surface area contributed by atoms with E-state index in [4.69, 9.17) is 4.74 Å². The van der Waals surface area contributed by atoms with E-state index in [-0.39, 0.29) is 5.91 Å². The molecule has 2 heterocycles. The second-order valence-electron chi connectivity index (χ2n) is 6.24. The first-order valence-corrected chi connectivity index (χ1v) is 7.97. The average molecular weight is 370 g/mol. The van der Waals surface area contributed by atoms with Gasteiger partial charge in [0.2, 0.25) is 0 Å². The largest absolute Gasteiger partial charge is 0.436 e. The van der Waals surface area contributed by atoms with Crippen LogP contribution in [-0.4, -0.2) is 35.2 Å². The number of nitrogens with one attached hydrogen (secondary N) is 1. The Morgan fingerprint density at radius 3 is 2.77 bits per heavy atom. The Balaban J connectivity index is 2.04. The van der Waals surface area contributed by atoms with Crippen molar-refractivity contribution < 1.29 is 14.3 Å². The number of hydrogen-bond acceptors (Lipinski definition) is 4. The number of pyridine rings is 1. The highest BCUT2D eigenvalue weighted by Crippen LogP contribution is 2.22. The molecule has 1 aliphatic rings. The van der Waals surface area contributed by atoms with Crippen LogP contribution < -0.4 is 10.2 Å². The van der Waals surface area contributed by atoms with Crippen LogP contribution in [0.25, 0.3) is 0 Å². The summed E-state index contributed by atoms with van der Waals surface area (Å²) in [7, 11) is 0. The molecule has 1 N–H and O–H groups in total. The zero-order valence-corrected chi connectivity index (χ0v) is 14.5. The van der Waals surface area contributed by atoms with Crippen LogP contribution in [0.3, 0.4) is 0 Å². The molecule has 1 aromatic rings. The van der Waals surface area contributed by atoms with Gasteiger partial charge in [-0.3, -0.25) is 9.69 Å². The van der Waals surface area contributed by atoms with E-state index in [9.17, 15) is 9.59 Å². The summed E-state index contributed by atoms with van der Waals surface area (Å²) in [6.07, 6.45) is 1.60. The highest BCUT2D eigenvalue weighted by Gasteiger charge is 2.33. The number of nitrogens with zero attached hydrogens (tertiary/aromatic N) is 2. The molecule has 6 nitrogen and oxygen atoms in total. The van der Waals surface area contributed by atoms with E-state index in [2.05, 4.69) is 26.2 Å². The van der Waals surface area contributed by atoms with Crippen molar-refractivity contribution in [1.82, 2.24) is 10.3 Å². The highest BCUT2D eigenvalue weighted by atomic mass is 79.9. The van der Waals surface area contributed by atoms with Gasteiger partial charge in [0, 0.05) is 22.8 Å². The van der Waals surface area contributed by atoms with Gasteiger partial charge in [0.1, 0.15) is 5.82 Å². The minimum atomic E-state index is -0.762. The van der Waals surface area contributed by atoms with Crippen LogP contribution in [0.4, 0.5) is 10.6 Å². The maximum Gasteiger partial charge on any atom is 0.408 e. The Morgan fingerprint density at radius 1 is 1.45 bits per heavy atom. The molecule has 1 saturated heterocycles. The number of alkyl carbamates (subject to hydrolysis) is 1. The average Bonchev–Trinajstić information content (AvgIpc) is 2.40. The molecular weight excluding hydrogens is 350 g/mol. The van der Waals surface area contributed by atoms with Crippen molar-refractivity contribution in [2.75, 3.05) is 11.4 Å². The van der Waals surface area contributed by atoms with Gasteiger partial charge in [-0.05, 0) is 61.7 Å². The maximum absolute atomic E-state index is 12.5. The van der Waals surface area contributed by atoms with Gasteiger partial charge in [0.25, 0.3) is 5.91 Å². The molecule has 1 atom stereocenters. The predicted molar refractivity (Wildman–Crippen MR) is 86.7 cm³/mol. The third-order valence-corrected chi connectivity index (χ3v) is 3.57. The minimum absolute atomic E-state index is 0.231. The zero-order chi connectivity index (χ0) is 16.3. The number of carbonyl (C=O) groups excluding carboxylic acids is 2. The van der Waals surface area contributed by atoms with Crippen molar-refractivity contribution in [1.29, 1.82) is 0 Å². The number of aromatic nitrogens is 1. The summed E-state index contributed by atoms with van der Waals surface area (Å²) in [6.45, 7) is 6.15. The van der Waals surface area contributed by atoms with Crippen molar-refractivity contribution >= 4 is 33.7 Å². The molecule has 0 radical (unpaired) electrons. The third-order valence-electron chi connectivity index (χ3n) is 3.10. The number of anilines is 1. The molecule has 0 saturated carbocycles. The molecular formula is C15H20BrN3O3. The Kier molecular flexibility index (Phi) is 5.05. The summed E-state index contributed by atoms with van der Waals surface area (Å²) >= 11 is 3.31. The monoisotopic (exact) mass is 369 g/mol. The Labute approximate surface area is 138 Å². The summed E-state index contributed by atoms with van der Waals surface area (Å²) in [4.78, 5) is 30.1. The lowest BCUT2D eigenvalue weighted by Gasteiger charge is -2.31. The number of amides is 2. The Bertz CT molecular complexity index is 554. The van der Waals surface area contributed by atoms with E-state index >= 15 is 0 Å². The number of rotatable bonds is 2. The summed E-state index contributed by atoms with van der Waals surface area (Å²) in [5, 5.41) is 2.70. The van der Waals surface area contributed by atoms with Crippen molar-refractivity contribution in [3.8, 4) is 0 Å². The molecule has 0 aromatic carbocycles. The van der Waals surface area contributed by atoms with Crippen LogP contribution in [0.5, 0.6) is 0 Å². The summed E-state index contributed by atoms with van der Waals surface area (Å²) in [6, 6.07) is 3.59. The van der Waals surface area contributed by atoms with Crippen LogP contribution in [-0.2, 0) is 9.53 Å². The fourth-order valence-electron chi connectivity index (χ4n) is 2.17. The lowest BCUT2D eigenvalue weighted by atomic mass is 10.1. The minimum Gasteiger partial charge on any atom is -0.436 e. The molecule has 1 aliphatic heterocycles. The summed E-state index contributed by atoms with van der Waals surface area (Å²) in [5.41, 5.74) is -0.401. The molecule has 1 fully saturated rings. The lowest BCUT2D eigenvalue weighted by molar-refractivity contribution is -0.128. The molecule has 2 rings (SSSR count). The zero-order valence-electron chi connectivity index (χ0n) is 12.9. The molecule has 0 bridgehead atoms. The second kappa shape index (κ2) is 6.64. The number of ether oxygens (including phenoxy) is 1. The van der Waals surface area contributed by atoms with Gasteiger partial charge >= 0.3 is 6.09 Å². The molecule has 1 aromatic heterocycles. The van der Waals surface area contributed by atoms with Crippen LogP contribution >= 0.6 is 15.9 Å². The SMILES string of the molecule is CC(C)(C)NC(=O)O[C@@H]1CCCN(c2ccc(Br)cn2)C1=O. The molecule has 7 heteroatoms. The number of halogens is 1. The molecule has 0 aliphatic carbocycles. The quantitative estimate of drug-likeness (QED) is 0.869. The van der Waals surface area contributed by atoms with Crippen LogP contribution in [0, 0.1) is 0 Å². The Hall–Kier alpha value is -1.63. The number of carbonyl (C=O) groups is 2. The van der Waals surface area contributed by atoms with Gasteiger partial charge in [0.15, 0.2) is 6.10 Å². The van der Waals surface area contributed by atoms with Crippen LogP contribution in [0.2, 0.25) is 0 Å². The van der Waals surface area contributed by atoms with Gasteiger partial charge in [-0.2, -0.15) is 0 Å². The molecule has 22 heavy (non-hydrogen) atoms. The van der Waals surface area contributed by atoms with Gasteiger partial charge in [0.05, 0.1) is 0 Å². The van der Waals surface area contributed by atoms with Gasteiger partial charge < -0.3 is 10.1 Å². The Morgan fingerprint density at radius 2 is 2.18 bits per heavy atom. The first-order valence-electron chi connectivity index (χ1n) is 7.18. The second-order valence-corrected chi connectivity index (χ2v) is 7.15. The summed E-state index contributed by atoms with van der Waals surface area (Å²) in [5.74, 6) is 0.336. The van der Waals surface area contributed by atoms with E-state index in [1.165, 1.54) is 0 Å². The summed E-state index contributed by atoms with van der Waals surface area (Å²) < 4.78 is 6.12. The molecule has 120 valence electrons. The van der Waals surface area contributed by atoms with Crippen molar-refractivity contribution in [2.45, 2.75) is 45.3 Å². The predicted octanol–water partition coefficient (Wildman–Crippen LogP) is 2.86. The fourth-order valence-corrected chi connectivity index (χ4v) is 2.41. The molecule has 0 spiro atoms. The normalized spacial score (nSPS) is 19.0. The standard InChI is InChI=1S/C15H20BrN3O3/c1-15(2,3)18-14(21)22-11-5-4-8-19(13(11)20)12-7-6-10(16)9-17-12/h6-7,9,11H,4-5,8H2,1-3H3,(H,18,21)/t11-/m1/s1. The maximum atomic E-state index is 12.5. The van der Waals surface area contributed by atoms with E-state index in [0.717, 1.165) is 10.9 Å². The van der Waals surface area contributed by atoms with Crippen molar-refractivity contribution in [3.63, 3.8) is 0 Å². The number of piperidine rings is 1. The fraction of sp³-hybridized carbons (Fsp3) is 0.533. The van der Waals surface area contributed by atoms with E-state index in [0.29, 0.717) is 18.8 Å². The topological polar surface area (TPSA) is 71.5 Å². The van der Waals surface area contributed by atoms with E-state index in [1.807, 2.05) is 26.8 Å².